The summed E-state index contributed by atoms with van der Waals surface area (Å²) in [7, 11) is 0. The second kappa shape index (κ2) is 5.87. The third-order valence-corrected chi connectivity index (χ3v) is 7.25. The van der Waals surface area contributed by atoms with Crippen molar-refractivity contribution in [2.24, 2.45) is 0 Å². The Labute approximate surface area is 151 Å². The first-order chi connectivity index (χ1) is 8.70. The summed E-state index contributed by atoms with van der Waals surface area (Å²) in [5.41, 5.74) is 0.910. The average Bonchev–Trinajstić information content (AvgIpc) is 2.61. The van der Waals surface area contributed by atoms with Crippen molar-refractivity contribution < 1.29 is 0 Å². The highest BCUT2D eigenvalue weighted by Crippen LogP contribution is 2.38. The molecule has 2 rings (SSSR count). The van der Waals surface area contributed by atoms with Gasteiger partial charge in [0.2, 0.25) is 0 Å². The van der Waals surface area contributed by atoms with E-state index in [1.807, 2.05) is 6.07 Å². The fourth-order valence-electron chi connectivity index (χ4n) is 1.48. The van der Waals surface area contributed by atoms with Crippen LogP contribution in [0.15, 0.2) is 14.3 Å². The third kappa shape index (κ3) is 3.51. The maximum absolute atomic E-state index is 6.24. The summed E-state index contributed by atoms with van der Waals surface area (Å²) in [4.78, 5) is 10.1. The molecular formula is C12H10Br2ClIN2S. The fourth-order valence-corrected chi connectivity index (χ4v) is 4.67. The molecule has 0 saturated carbocycles. The number of nitrogens with zero attached hydrogens (tertiary/aromatic N) is 2. The quantitative estimate of drug-likeness (QED) is 0.317. The Morgan fingerprint density at radius 2 is 1.89 bits per heavy atom. The lowest BCUT2D eigenvalue weighted by Crippen LogP contribution is -2.17. The van der Waals surface area contributed by atoms with Gasteiger partial charge in [-0.3, -0.25) is 0 Å². The van der Waals surface area contributed by atoms with Crippen molar-refractivity contribution >= 4 is 77.4 Å². The van der Waals surface area contributed by atoms with Crippen LogP contribution in [0.4, 0.5) is 0 Å². The predicted octanol–water partition coefficient (Wildman–Crippen LogP) is 6.29. The smallest absolute Gasteiger partial charge is 0.171 e. The minimum Gasteiger partial charge on any atom is -0.231 e. The molecule has 2 nitrogen and oxygen atoms in total. The van der Waals surface area contributed by atoms with Crippen LogP contribution in [0.5, 0.6) is 0 Å². The maximum Gasteiger partial charge on any atom is 0.171 e. The molecule has 0 unspecified atom stereocenters. The van der Waals surface area contributed by atoms with Crippen molar-refractivity contribution in [2.75, 3.05) is 0 Å². The van der Waals surface area contributed by atoms with Gasteiger partial charge in [0.05, 0.1) is 17.9 Å². The molecule has 0 atom stereocenters. The lowest BCUT2D eigenvalue weighted by atomic mass is 9.92. The molecule has 0 aliphatic rings. The summed E-state index contributed by atoms with van der Waals surface area (Å²) in [6, 6.07) is 2.00. The maximum atomic E-state index is 6.24. The lowest BCUT2D eigenvalue weighted by Gasteiger charge is -2.20. The summed E-state index contributed by atoms with van der Waals surface area (Å²) < 4.78 is 2.95. The summed E-state index contributed by atoms with van der Waals surface area (Å²) in [5, 5.41) is 0.510. The first kappa shape index (κ1) is 16.1. The minimum atomic E-state index is -0.0659. The first-order valence-corrected chi connectivity index (χ1v) is 9.25. The Hall–Kier alpha value is 0.760. The lowest BCUT2D eigenvalue weighted by molar-refractivity contribution is 0.564. The van der Waals surface area contributed by atoms with Crippen molar-refractivity contribution in [3.63, 3.8) is 0 Å². The van der Waals surface area contributed by atoms with Gasteiger partial charge in [-0.2, -0.15) is 0 Å². The van der Waals surface area contributed by atoms with E-state index in [1.54, 1.807) is 11.3 Å². The van der Waals surface area contributed by atoms with E-state index in [0.29, 0.717) is 11.0 Å². The molecule has 2 aromatic rings. The molecule has 0 bridgehead atoms. The van der Waals surface area contributed by atoms with Crippen molar-refractivity contribution in [1.29, 1.82) is 0 Å². The Morgan fingerprint density at radius 3 is 2.37 bits per heavy atom. The summed E-state index contributed by atoms with van der Waals surface area (Å²) >= 11 is 17.0. The molecule has 0 saturated heterocycles. The van der Waals surface area contributed by atoms with Crippen LogP contribution in [-0.4, -0.2) is 9.97 Å². The van der Waals surface area contributed by atoms with Crippen molar-refractivity contribution in [3.05, 3.63) is 28.7 Å². The minimum absolute atomic E-state index is 0.0659. The van der Waals surface area contributed by atoms with E-state index < -0.39 is 0 Å². The van der Waals surface area contributed by atoms with Gasteiger partial charge in [-0.25, -0.2) is 9.97 Å². The molecule has 102 valence electrons. The molecule has 0 amide bonds. The zero-order valence-electron chi connectivity index (χ0n) is 10.4. The number of hydrogen-bond acceptors (Lipinski definition) is 3. The highest BCUT2D eigenvalue weighted by atomic mass is 127. The summed E-state index contributed by atoms with van der Waals surface area (Å²) in [6.07, 6.45) is 0. The molecular weight excluding hydrogens is 526 g/mol. The van der Waals surface area contributed by atoms with Crippen LogP contribution < -0.4 is 0 Å². The highest BCUT2D eigenvalue weighted by molar-refractivity contribution is 14.1. The molecule has 0 aliphatic heterocycles. The number of hydrogen-bond donors (Lipinski definition) is 0. The molecule has 2 heterocycles. The Bertz CT molecular complexity index is 618. The van der Waals surface area contributed by atoms with Crippen molar-refractivity contribution in [3.8, 4) is 10.7 Å². The topological polar surface area (TPSA) is 25.8 Å². The highest BCUT2D eigenvalue weighted by Gasteiger charge is 2.23. The van der Waals surface area contributed by atoms with Gasteiger partial charge in [0.15, 0.2) is 5.82 Å². The molecule has 7 heteroatoms. The van der Waals surface area contributed by atoms with Crippen LogP contribution in [0, 0.1) is 3.57 Å². The van der Waals surface area contributed by atoms with Gasteiger partial charge in [0, 0.05) is 9.89 Å². The zero-order valence-corrected chi connectivity index (χ0v) is 17.3. The SMILES string of the molecule is CC(C)(C)c1nc(-c2cc(Br)c(Br)s2)nc(Cl)c1I. The molecule has 0 aliphatic carbocycles. The Balaban J connectivity index is 2.63. The van der Waals surface area contributed by atoms with Crippen molar-refractivity contribution in [1.82, 2.24) is 9.97 Å². The van der Waals surface area contributed by atoms with E-state index in [4.69, 9.17) is 16.6 Å². The molecule has 0 spiro atoms. The van der Waals surface area contributed by atoms with Crippen LogP contribution in [0.25, 0.3) is 10.7 Å². The predicted molar refractivity (Wildman–Crippen MR) is 97.2 cm³/mol. The standard InChI is InChI=1S/C12H10Br2ClIN2S/c1-12(2,3)8-7(16)10(15)18-11(17-8)6-4-5(13)9(14)19-6/h4H,1-3H3. The summed E-state index contributed by atoms with van der Waals surface area (Å²) in [6.45, 7) is 6.37. The van der Waals surface area contributed by atoms with Gasteiger partial charge < -0.3 is 0 Å². The fraction of sp³-hybridized carbons (Fsp3) is 0.333. The van der Waals surface area contributed by atoms with Gasteiger partial charge >= 0.3 is 0 Å². The average molecular weight is 536 g/mol. The van der Waals surface area contributed by atoms with Crippen LogP contribution in [0.3, 0.4) is 0 Å². The molecule has 0 radical (unpaired) electrons. The monoisotopic (exact) mass is 534 g/mol. The van der Waals surface area contributed by atoms with Gasteiger partial charge in [-0.05, 0) is 60.5 Å². The Morgan fingerprint density at radius 1 is 1.26 bits per heavy atom. The van der Waals surface area contributed by atoms with Gasteiger partial charge in [0.1, 0.15) is 5.15 Å². The third-order valence-electron chi connectivity index (χ3n) is 2.39. The number of aromatic nitrogens is 2. The number of rotatable bonds is 1. The largest absolute Gasteiger partial charge is 0.231 e. The molecule has 0 aromatic carbocycles. The molecule has 0 fully saturated rings. The van der Waals surface area contributed by atoms with Crippen LogP contribution in [0.1, 0.15) is 26.5 Å². The Kier molecular flexibility index (Phi) is 4.98. The normalized spacial score (nSPS) is 11.9. The number of halogens is 4. The summed E-state index contributed by atoms with van der Waals surface area (Å²) in [5.74, 6) is 0.673. The molecule has 2 aromatic heterocycles. The van der Waals surface area contributed by atoms with E-state index in [9.17, 15) is 0 Å². The van der Waals surface area contributed by atoms with Gasteiger partial charge in [0.25, 0.3) is 0 Å². The van der Waals surface area contributed by atoms with Crippen LogP contribution in [-0.2, 0) is 5.41 Å². The van der Waals surface area contributed by atoms with Crippen LogP contribution >= 0.6 is 77.4 Å². The number of thiophene rings is 1. The molecule has 19 heavy (non-hydrogen) atoms. The van der Waals surface area contributed by atoms with Gasteiger partial charge in [-0.15, -0.1) is 11.3 Å². The van der Waals surface area contributed by atoms with Crippen molar-refractivity contribution in [2.45, 2.75) is 26.2 Å². The second-order valence-corrected chi connectivity index (χ2v) is 9.64. The van der Waals surface area contributed by atoms with E-state index in [2.05, 4.69) is 80.2 Å². The first-order valence-electron chi connectivity index (χ1n) is 5.39. The van der Waals surface area contributed by atoms with E-state index in [-0.39, 0.29) is 5.41 Å². The second-order valence-electron chi connectivity index (χ2n) is 4.98. The van der Waals surface area contributed by atoms with Crippen LogP contribution in [0.2, 0.25) is 5.15 Å². The van der Waals surface area contributed by atoms with E-state index >= 15 is 0 Å². The van der Waals surface area contributed by atoms with E-state index in [0.717, 1.165) is 22.4 Å². The van der Waals surface area contributed by atoms with E-state index in [1.165, 1.54) is 0 Å². The zero-order chi connectivity index (χ0) is 14.4. The van der Waals surface area contributed by atoms with Gasteiger partial charge in [-0.1, -0.05) is 32.4 Å². The molecule has 0 N–H and O–H groups in total.